The maximum atomic E-state index is 12.6. The van der Waals surface area contributed by atoms with E-state index in [1.165, 1.54) is 18.4 Å². The van der Waals surface area contributed by atoms with Gasteiger partial charge >= 0.3 is 17.7 Å². The quantitative estimate of drug-likeness (QED) is 0.414. The highest BCUT2D eigenvalue weighted by molar-refractivity contribution is 5.95. The van der Waals surface area contributed by atoms with Gasteiger partial charge < -0.3 is 24.5 Å². The number of amides is 2. The van der Waals surface area contributed by atoms with Gasteiger partial charge in [-0.2, -0.15) is 0 Å². The van der Waals surface area contributed by atoms with Crippen LogP contribution in [0.2, 0.25) is 0 Å². The van der Waals surface area contributed by atoms with E-state index in [9.17, 15) is 19.7 Å². The summed E-state index contributed by atoms with van der Waals surface area (Å²) in [5.41, 5.74) is 0.703. The van der Waals surface area contributed by atoms with Crippen LogP contribution in [-0.2, 0) is 9.53 Å². The van der Waals surface area contributed by atoms with E-state index >= 15 is 0 Å². The molecule has 0 bridgehead atoms. The fourth-order valence-electron chi connectivity index (χ4n) is 2.89. The molecule has 2 N–H and O–H groups in total. The first kappa shape index (κ1) is 19.9. The number of nitrogens with zero attached hydrogens (tertiary/aromatic N) is 1. The maximum absolute atomic E-state index is 12.6. The summed E-state index contributed by atoms with van der Waals surface area (Å²) in [5.74, 6) is -0.321. The van der Waals surface area contributed by atoms with E-state index < -0.39 is 23.0 Å². The van der Waals surface area contributed by atoms with Gasteiger partial charge in [-0.1, -0.05) is 6.07 Å². The Morgan fingerprint density at radius 1 is 1.34 bits per heavy atom. The third kappa shape index (κ3) is 4.37. The molecule has 0 saturated heterocycles. The van der Waals surface area contributed by atoms with Crippen molar-refractivity contribution in [2.45, 2.75) is 19.9 Å². The zero-order valence-electron chi connectivity index (χ0n) is 15.8. The Bertz CT molecular complexity index is 966. The molecule has 1 unspecified atom stereocenters. The van der Waals surface area contributed by atoms with Gasteiger partial charge in [0.25, 0.3) is 0 Å². The molecule has 3 rings (SSSR count). The van der Waals surface area contributed by atoms with Gasteiger partial charge in [0.15, 0.2) is 5.75 Å². The molecule has 10 nitrogen and oxygen atoms in total. The molecule has 1 atom stereocenters. The Morgan fingerprint density at radius 2 is 2.14 bits per heavy atom. The van der Waals surface area contributed by atoms with Gasteiger partial charge in [0, 0.05) is 6.07 Å². The number of esters is 1. The van der Waals surface area contributed by atoms with Gasteiger partial charge in [-0.25, -0.2) is 9.59 Å². The molecule has 1 aromatic heterocycles. The number of carbonyl (C=O) groups is 2. The normalized spacial score (nSPS) is 16.1. The van der Waals surface area contributed by atoms with Crippen LogP contribution in [0.4, 0.5) is 10.5 Å². The van der Waals surface area contributed by atoms with E-state index in [1.54, 1.807) is 32.0 Å². The molecule has 0 spiro atoms. The molecule has 2 aromatic rings. The van der Waals surface area contributed by atoms with Crippen molar-refractivity contribution < 1.29 is 28.4 Å². The van der Waals surface area contributed by atoms with Crippen molar-refractivity contribution in [1.82, 2.24) is 10.6 Å². The molecule has 152 valence electrons. The van der Waals surface area contributed by atoms with Gasteiger partial charge in [-0.15, -0.1) is 0 Å². The number of benzene rings is 1. The molecular formula is C19H19N3O7. The minimum absolute atomic E-state index is 0.0126. The number of carbonyl (C=O) groups excluding carboxylic acids is 2. The summed E-state index contributed by atoms with van der Waals surface area (Å²) >= 11 is 0. The van der Waals surface area contributed by atoms with Crippen molar-refractivity contribution in [2.24, 2.45) is 0 Å². The second-order valence-corrected chi connectivity index (χ2v) is 6.18. The minimum Gasteiger partial charge on any atom is -0.480 e. The molecule has 2 heterocycles. The van der Waals surface area contributed by atoms with Crippen LogP contribution < -0.4 is 15.4 Å². The molecule has 0 aliphatic carbocycles. The van der Waals surface area contributed by atoms with E-state index in [-0.39, 0.29) is 35.9 Å². The lowest BCUT2D eigenvalue weighted by atomic mass is 10.0. The lowest BCUT2D eigenvalue weighted by molar-refractivity contribution is -0.385. The number of ether oxygens (including phenoxy) is 2. The highest BCUT2D eigenvalue weighted by Crippen LogP contribution is 2.31. The number of nitrogens with one attached hydrogen (secondary N) is 2. The smallest absolute Gasteiger partial charge is 0.338 e. The summed E-state index contributed by atoms with van der Waals surface area (Å²) < 4.78 is 16.0. The van der Waals surface area contributed by atoms with Crippen LogP contribution in [0.3, 0.4) is 0 Å². The number of furan rings is 1. The minimum atomic E-state index is -0.885. The molecule has 0 fully saturated rings. The van der Waals surface area contributed by atoms with Crippen molar-refractivity contribution in [2.75, 3.05) is 13.2 Å². The van der Waals surface area contributed by atoms with Crippen LogP contribution in [-0.4, -0.2) is 30.1 Å². The van der Waals surface area contributed by atoms with Crippen LogP contribution in [0.15, 0.2) is 52.3 Å². The number of hydrogen-bond donors (Lipinski definition) is 2. The molecule has 29 heavy (non-hydrogen) atoms. The van der Waals surface area contributed by atoms with Crippen LogP contribution in [0.5, 0.6) is 5.75 Å². The summed E-state index contributed by atoms with van der Waals surface area (Å²) in [4.78, 5) is 35.4. The second kappa shape index (κ2) is 8.46. The van der Waals surface area contributed by atoms with Gasteiger partial charge in [0.05, 0.1) is 29.1 Å². The standard InChI is InChI=1S/C19H19N3O7/c1-3-27-18(23)16-12(20-19(24)21-17(16)15-5-4-8-28-15)10-29-14-7-6-11(2)9-13(14)22(25)26/h4-9,17H,3,10H2,1-2H3,(H2,20,21,24). The number of nitro groups is 1. The number of nitro benzene ring substituents is 1. The highest BCUT2D eigenvalue weighted by Gasteiger charge is 2.35. The fourth-order valence-corrected chi connectivity index (χ4v) is 2.89. The first-order valence-corrected chi connectivity index (χ1v) is 8.79. The first-order valence-electron chi connectivity index (χ1n) is 8.79. The highest BCUT2D eigenvalue weighted by atomic mass is 16.6. The van der Waals surface area contributed by atoms with Crippen LogP contribution in [0, 0.1) is 17.0 Å². The second-order valence-electron chi connectivity index (χ2n) is 6.18. The van der Waals surface area contributed by atoms with Gasteiger partial charge in [0.1, 0.15) is 18.4 Å². The molecular weight excluding hydrogens is 382 g/mol. The predicted molar refractivity (Wildman–Crippen MR) is 100 cm³/mol. The van der Waals surface area contributed by atoms with E-state index in [4.69, 9.17) is 13.9 Å². The molecule has 1 aliphatic heterocycles. The Labute approximate surface area is 165 Å². The SMILES string of the molecule is CCOC(=O)C1=C(COc2ccc(C)cc2[N+](=O)[O-])NC(=O)NC1c1ccco1. The largest absolute Gasteiger partial charge is 0.480 e. The summed E-state index contributed by atoms with van der Waals surface area (Å²) in [7, 11) is 0. The number of rotatable bonds is 7. The van der Waals surface area contributed by atoms with Gasteiger partial charge in [-0.05, 0) is 37.6 Å². The number of urea groups is 1. The van der Waals surface area contributed by atoms with Crippen molar-refractivity contribution in [3.63, 3.8) is 0 Å². The van der Waals surface area contributed by atoms with Crippen LogP contribution in [0.25, 0.3) is 0 Å². The lowest BCUT2D eigenvalue weighted by Gasteiger charge is -2.27. The Morgan fingerprint density at radius 3 is 2.79 bits per heavy atom. The molecule has 0 saturated carbocycles. The van der Waals surface area contributed by atoms with Crippen molar-refractivity contribution >= 4 is 17.7 Å². The molecule has 10 heteroatoms. The molecule has 2 amide bonds. The number of hydrogen-bond acceptors (Lipinski definition) is 7. The van der Waals surface area contributed by atoms with Crippen LogP contribution in [0.1, 0.15) is 24.3 Å². The Balaban J connectivity index is 1.97. The third-order valence-electron chi connectivity index (χ3n) is 4.16. The molecule has 1 aromatic carbocycles. The van der Waals surface area contributed by atoms with E-state index in [1.807, 2.05) is 0 Å². The zero-order chi connectivity index (χ0) is 21.0. The predicted octanol–water partition coefficient (Wildman–Crippen LogP) is 2.75. The van der Waals surface area contributed by atoms with Crippen molar-refractivity contribution in [3.8, 4) is 5.75 Å². The molecule has 1 aliphatic rings. The van der Waals surface area contributed by atoms with Crippen LogP contribution >= 0.6 is 0 Å². The Kier molecular flexibility index (Phi) is 5.82. The lowest BCUT2D eigenvalue weighted by Crippen LogP contribution is -2.47. The van der Waals surface area contributed by atoms with E-state index in [2.05, 4.69) is 10.6 Å². The van der Waals surface area contributed by atoms with E-state index in [0.29, 0.717) is 11.3 Å². The average Bonchev–Trinajstić information content (AvgIpc) is 3.21. The summed E-state index contributed by atoms with van der Waals surface area (Å²) in [5, 5.41) is 16.4. The average molecular weight is 401 g/mol. The van der Waals surface area contributed by atoms with Crippen molar-refractivity contribution in [1.29, 1.82) is 0 Å². The molecule has 0 radical (unpaired) electrons. The zero-order valence-corrected chi connectivity index (χ0v) is 15.8. The maximum Gasteiger partial charge on any atom is 0.338 e. The van der Waals surface area contributed by atoms with E-state index in [0.717, 1.165) is 0 Å². The monoisotopic (exact) mass is 401 g/mol. The first-order chi connectivity index (χ1) is 13.9. The summed E-state index contributed by atoms with van der Waals surface area (Å²) in [6.45, 7) is 3.21. The van der Waals surface area contributed by atoms with Crippen molar-refractivity contribution in [3.05, 3.63) is 69.3 Å². The summed E-state index contributed by atoms with van der Waals surface area (Å²) in [6.07, 6.45) is 1.41. The Hall–Kier alpha value is -3.82. The van der Waals surface area contributed by atoms with Gasteiger partial charge in [-0.3, -0.25) is 10.1 Å². The third-order valence-corrected chi connectivity index (χ3v) is 4.16. The number of aryl methyl sites for hydroxylation is 1. The fraction of sp³-hybridized carbons (Fsp3) is 0.263. The van der Waals surface area contributed by atoms with Gasteiger partial charge in [0.2, 0.25) is 0 Å². The topological polar surface area (TPSA) is 133 Å². The summed E-state index contributed by atoms with van der Waals surface area (Å²) in [6, 6.07) is 6.28.